The summed E-state index contributed by atoms with van der Waals surface area (Å²) in [7, 11) is 0. The Bertz CT molecular complexity index is 773. The summed E-state index contributed by atoms with van der Waals surface area (Å²) in [5, 5.41) is 0. The summed E-state index contributed by atoms with van der Waals surface area (Å²) in [5.74, 6) is -0.120. The molecule has 1 heterocycles. The van der Waals surface area contributed by atoms with Crippen LogP contribution in [0.25, 0.3) is 11.3 Å². The summed E-state index contributed by atoms with van der Waals surface area (Å²) in [6.45, 7) is 13.2. The van der Waals surface area contributed by atoms with E-state index in [-0.39, 0.29) is 22.1 Å². The molecule has 1 aliphatic carbocycles. The van der Waals surface area contributed by atoms with Crippen LogP contribution in [0.15, 0.2) is 34.9 Å². The highest BCUT2D eigenvalue weighted by atomic mass is 79.9. The monoisotopic (exact) mass is 375 g/mol. The molecule has 1 nitrogen and oxygen atoms in total. The van der Waals surface area contributed by atoms with E-state index in [0.29, 0.717) is 0 Å². The van der Waals surface area contributed by atoms with Gasteiger partial charge in [-0.3, -0.25) is 4.98 Å². The van der Waals surface area contributed by atoms with E-state index >= 15 is 4.39 Å². The topological polar surface area (TPSA) is 12.9 Å². The van der Waals surface area contributed by atoms with Gasteiger partial charge in [0.05, 0.1) is 5.69 Å². The smallest absolute Gasteiger partial charge is 0.127 e. The predicted octanol–water partition coefficient (Wildman–Crippen LogP) is 6.25. The molecule has 0 saturated heterocycles. The molecule has 2 aromatic rings. The van der Waals surface area contributed by atoms with Gasteiger partial charge < -0.3 is 0 Å². The van der Waals surface area contributed by atoms with Crippen LogP contribution in [0.3, 0.4) is 0 Å². The Morgan fingerprint density at radius 1 is 0.957 bits per heavy atom. The number of hydrogen-bond donors (Lipinski definition) is 0. The van der Waals surface area contributed by atoms with Crippen LogP contribution in [0.2, 0.25) is 0 Å². The molecule has 0 atom stereocenters. The third kappa shape index (κ3) is 2.12. The van der Waals surface area contributed by atoms with Gasteiger partial charge in [-0.1, -0.05) is 41.5 Å². The van der Waals surface area contributed by atoms with E-state index in [4.69, 9.17) is 0 Å². The Kier molecular flexibility index (Phi) is 3.54. The summed E-state index contributed by atoms with van der Waals surface area (Å²) >= 11 is 3.39. The fourth-order valence-electron chi connectivity index (χ4n) is 3.86. The van der Waals surface area contributed by atoms with Crippen LogP contribution in [0.1, 0.15) is 52.7 Å². The number of aromatic nitrogens is 1. The lowest BCUT2D eigenvalue weighted by Gasteiger charge is -2.44. The van der Waals surface area contributed by atoms with Gasteiger partial charge in [-0.2, -0.15) is 0 Å². The van der Waals surface area contributed by atoms with E-state index in [0.717, 1.165) is 26.9 Å². The first-order valence-electron chi connectivity index (χ1n) is 7.96. The lowest BCUT2D eigenvalue weighted by atomic mass is 9.59. The minimum absolute atomic E-state index is 0.0467. The van der Waals surface area contributed by atoms with E-state index in [1.165, 1.54) is 0 Å². The van der Waals surface area contributed by atoms with E-state index in [1.807, 2.05) is 12.1 Å². The number of benzene rings is 1. The van der Waals surface area contributed by atoms with Gasteiger partial charge in [0.15, 0.2) is 0 Å². The normalized spacial score (nSPS) is 20.3. The molecule has 23 heavy (non-hydrogen) atoms. The highest BCUT2D eigenvalue weighted by molar-refractivity contribution is 9.10. The number of pyridine rings is 1. The van der Waals surface area contributed by atoms with Crippen molar-refractivity contribution >= 4 is 15.9 Å². The van der Waals surface area contributed by atoms with Crippen molar-refractivity contribution in [2.45, 2.75) is 52.4 Å². The number of halogens is 2. The Labute approximate surface area is 146 Å². The van der Waals surface area contributed by atoms with Crippen molar-refractivity contribution < 1.29 is 4.39 Å². The zero-order valence-corrected chi connectivity index (χ0v) is 16.2. The van der Waals surface area contributed by atoms with Gasteiger partial charge in [0.25, 0.3) is 0 Å². The lowest BCUT2D eigenvalue weighted by Crippen LogP contribution is -2.42. The molecule has 0 bridgehead atoms. The summed E-state index contributed by atoms with van der Waals surface area (Å²) in [6.07, 6.45) is 1.75. The van der Waals surface area contributed by atoms with Crippen LogP contribution in [0, 0.1) is 11.2 Å². The quantitative estimate of drug-likeness (QED) is 0.574. The van der Waals surface area contributed by atoms with Gasteiger partial charge in [0.2, 0.25) is 0 Å². The summed E-state index contributed by atoms with van der Waals surface area (Å²) in [4.78, 5) is 4.42. The average Bonchev–Trinajstić information content (AvgIpc) is 2.56. The second-order valence-corrected chi connectivity index (χ2v) is 9.03. The van der Waals surface area contributed by atoms with Crippen LogP contribution < -0.4 is 0 Å². The largest absolute Gasteiger partial charge is 0.255 e. The molecule has 1 aromatic carbocycles. The van der Waals surface area contributed by atoms with E-state index < -0.39 is 0 Å². The van der Waals surface area contributed by atoms with E-state index in [2.05, 4.69) is 68.5 Å². The molecule has 0 spiro atoms. The third-order valence-electron chi connectivity index (χ3n) is 6.54. The molecule has 1 aromatic heterocycles. The Morgan fingerprint density at radius 3 is 2.17 bits per heavy atom. The summed E-state index contributed by atoms with van der Waals surface area (Å²) < 4.78 is 16.0. The van der Waals surface area contributed by atoms with Gasteiger partial charge in [0, 0.05) is 16.2 Å². The predicted molar refractivity (Wildman–Crippen MR) is 97.2 cm³/mol. The van der Waals surface area contributed by atoms with Crippen LogP contribution in [-0.2, 0) is 10.8 Å². The lowest BCUT2D eigenvalue weighted by molar-refractivity contribution is 0.123. The molecule has 122 valence electrons. The van der Waals surface area contributed by atoms with Gasteiger partial charge in [-0.15, -0.1) is 0 Å². The zero-order valence-electron chi connectivity index (χ0n) is 14.6. The third-order valence-corrected chi connectivity index (χ3v) is 7.01. The van der Waals surface area contributed by atoms with Crippen LogP contribution >= 0.6 is 15.9 Å². The number of nitrogens with zero attached hydrogens (tertiary/aromatic N) is 1. The molecule has 1 aliphatic rings. The fourth-order valence-corrected chi connectivity index (χ4v) is 4.09. The number of fused-ring (bicyclic) bond motifs is 1. The molecule has 0 N–H and O–H groups in total. The van der Waals surface area contributed by atoms with Gasteiger partial charge in [-0.25, -0.2) is 4.39 Å². The highest BCUT2D eigenvalue weighted by Crippen LogP contribution is 2.62. The molecular formula is C20H23BrFN. The van der Waals surface area contributed by atoms with Gasteiger partial charge in [0.1, 0.15) is 5.82 Å². The van der Waals surface area contributed by atoms with E-state index in [9.17, 15) is 0 Å². The fraction of sp³-hybridized carbons (Fsp3) is 0.450. The Hall–Kier alpha value is -1.22. The minimum atomic E-state index is -0.221. The number of hydrogen-bond acceptors (Lipinski definition) is 1. The molecule has 0 saturated carbocycles. The average molecular weight is 376 g/mol. The highest BCUT2D eigenvalue weighted by Gasteiger charge is 2.58. The summed E-state index contributed by atoms with van der Waals surface area (Å²) in [6, 6.07) is 7.62. The van der Waals surface area contributed by atoms with Crippen LogP contribution in [-0.4, -0.2) is 4.98 Å². The molecule has 0 fully saturated rings. The van der Waals surface area contributed by atoms with E-state index in [1.54, 1.807) is 12.3 Å². The maximum atomic E-state index is 15.1. The molecule has 3 heteroatoms. The standard InChI is InChI=1S/C20H23BrFN/c1-18(2)14-9-12(16-8-7-13(21)11-23-16)10-15(22)17(14)19(3,4)20(18,5)6/h7-11H,1-6H3. The first-order valence-corrected chi connectivity index (χ1v) is 8.76. The minimum Gasteiger partial charge on any atom is -0.255 e. The Balaban J connectivity index is 2.27. The first-order chi connectivity index (χ1) is 10.5. The second-order valence-electron chi connectivity index (χ2n) is 8.12. The molecular weight excluding hydrogens is 353 g/mol. The number of rotatable bonds is 1. The van der Waals surface area contributed by atoms with Crippen molar-refractivity contribution in [3.05, 3.63) is 51.9 Å². The molecule has 0 unspecified atom stereocenters. The van der Waals surface area contributed by atoms with Crippen molar-refractivity contribution in [3.8, 4) is 11.3 Å². The second kappa shape index (κ2) is 4.89. The van der Waals surface area contributed by atoms with Crippen molar-refractivity contribution in [3.63, 3.8) is 0 Å². The van der Waals surface area contributed by atoms with Crippen molar-refractivity contribution in [2.75, 3.05) is 0 Å². The first kappa shape index (κ1) is 16.6. The van der Waals surface area contributed by atoms with Crippen LogP contribution in [0.5, 0.6) is 0 Å². The maximum Gasteiger partial charge on any atom is 0.127 e. The Morgan fingerprint density at radius 2 is 1.61 bits per heavy atom. The van der Waals surface area contributed by atoms with Gasteiger partial charge in [-0.05, 0) is 67.6 Å². The van der Waals surface area contributed by atoms with Crippen molar-refractivity contribution in [1.29, 1.82) is 0 Å². The van der Waals surface area contributed by atoms with Crippen molar-refractivity contribution in [2.24, 2.45) is 5.41 Å². The molecule has 3 rings (SSSR count). The molecule has 0 amide bonds. The molecule has 0 radical (unpaired) electrons. The molecule has 0 aliphatic heterocycles. The van der Waals surface area contributed by atoms with Crippen LogP contribution in [0.4, 0.5) is 4.39 Å². The zero-order chi connectivity index (χ0) is 17.2. The van der Waals surface area contributed by atoms with Crippen molar-refractivity contribution in [1.82, 2.24) is 4.98 Å². The SMILES string of the molecule is CC1(C)c2cc(-c3ccc(Br)cn3)cc(F)c2C(C)(C)C1(C)C. The maximum absolute atomic E-state index is 15.1. The summed E-state index contributed by atoms with van der Waals surface area (Å²) in [5.41, 5.74) is 3.22. The van der Waals surface area contributed by atoms with Gasteiger partial charge >= 0.3 is 0 Å².